The zero-order valence-electron chi connectivity index (χ0n) is 19.5. The van der Waals surface area contributed by atoms with Gasteiger partial charge in [0.25, 0.3) is 0 Å². The van der Waals surface area contributed by atoms with Crippen molar-refractivity contribution in [3.05, 3.63) is 90.3 Å². The van der Waals surface area contributed by atoms with Crippen LogP contribution in [0.2, 0.25) is 0 Å². The maximum absolute atomic E-state index is 12.5. The Hall–Kier alpha value is -3.40. The van der Waals surface area contributed by atoms with Crippen LogP contribution in [-0.4, -0.2) is 22.0 Å². The Balaban J connectivity index is 1.32. The van der Waals surface area contributed by atoms with Gasteiger partial charge in [-0.05, 0) is 35.2 Å². The van der Waals surface area contributed by atoms with Crippen molar-refractivity contribution >= 4 is 16.9 Å². The summed E-state index contributed by atoms with van der Waals surface area (Å²) in [5.41, 5.74) is 5.60. The van der Waals surface area contributed by atoms with Crippen molar-refractivity contribution in [1.29, 1.82) is 0 Å². The fourth-order valence-corrected chi connectivity index (χ4v) is 4.27. The van der Waals surface area contributed by atoms with Crippen LogP contribution in [0, 0.1) is 0 Å². The molecule has 4 rings (SSSR count). The first-order valence-corrected chi connectivity index (χ1v) is 12.1. The molecule has 0 atom stereocenters. The highest BCUT2D eigenvalue weighted by Crippen LogP contribution is 2.20. The van der Waals surface area contributed by atoms with Crippen LogP contribution < -0.4 is 5.32 Å². The van der Waals surface area contributed by atoms with Gasteiger partial charge < -0.3 is 9.88 Å². The molecule has 0 radical (unpaired) electrons. The van der Waals surface area contributed by atoms with Gasteiger partial charge in [0.2, 0.25) is 5.91 Å². The number of unbranched alkanes of at least 4 members (excludes halogenated alkanes) is 3. The molecule has 0 spiro atoms. The molecule has 0 aliphatic heterocycles. The minimum Gasteiger partial charge on any atom is -0.355 e. The fourth-order valence-electron chi connectivity index (χ4n) is 4.27. The van der Waals surface area contributed by atoms with Crippen LogP contribution in [0.15, 0.2) is 78.9 Å². The summed E-state index contributed by atoms with van der Waals surface area (Å²) < 4.78 is 2.33. The molecule has 0 saturated carbocycles. The average molecular weight is 440 g/mol. The number of hydrogen-bond donors (Lipinski definition) is 1. The fraction of sp³-hybridized carbons (Fsp3) is 0.310. The minimum atomic E-state index is 0.0491. The molecule has 33 heavy (non-hydrogen) atoms. The van der Waals surface area contributed by atoms with Crippen LogP contribution >= 0.6 is 0 Å². The monoisotopic (exact) mass is 439 g/mol. The summed E-state index contributed by atoms with van der Waals surface area (Å²) in [6, 6.07) is 26.8. The van der Waals surface area contributed by atoms with Crippen molar-refractivity contribution < 1.29 is 4.79 Å². The maximum Gasteiger partial charge on any atom is 0.224 e. The van der Waals surface area contributed by atoms with Gasteiger partial charge >= 0.3 is 0 Å². The summed E-state index contributed by atoms with van der Waals surface area (Å²) >= 11 is 0. The third kappa shape index (κ3) is 6.10. The van der Waals surface area contributed by atoms with Gasteiger partial charge in [0.05, 0.1) is 17.5 Å². The Kier molecular flexibility index (Phi) is 7.91. The lowest BCUT2D eigenvalue weighted by atomic mass is 10.0. The summed E-state index contributed by atoms with van der Waals surface area (Å²) in [5, 5.41) is 3.08. The molecule has 4 aromatic rings. The lowest BCUT2D eigenvalue weighted by Crippen LogP contribution is -2.28. The topological polar surface area (TPSA) is 46.9 Å². The Labute approximate surface area is 196 Å². The summed E-state index contributed by atoms with van der Waals surface area (Å²) in [7, 11) is 0. The first kappa shape index (κ1) is 22.8. The number of imidazole rings is 1. The summed E-state index contributed by atoms with van der Waals surface area (Å²) in [6.07, 6.45) is 6.03. The first-order chi connectivity index (χ1) is 16.2. The smallest absolute Gasteiger partial charge is 0.224 e. The SMILES string of the molecule is CCCCCCn1c(CCNC(=O)Cc2ccc(-c3ccccc3)cc2)nc2ccccc21. The standard InChI is InChI=1S/C29H33N3O/c1-2-3-4-10-21-32-27-14-9-8-13-26(27)31-28(32)19-20-30-29(33)22-23-15-17-25(18-16-23)24-11-6-5-7-12-24/h5-9,11-18H,2-4,10,19-22H2,1H3,(H,30,33). The van der Waals surface area contributed by atoms with E-state index in [1.54, 1.807) is 0 Å². The molecular formula is C29H33N3O. The molecule has 0 aliphatic carbocycles. The van der Waals surface area contributed by atoms with Crippen LogP contribution in [-0.2, 0) is 24.2 Å². The number of amides is 1. The number of aromatic nitrogens is 2. The van der Waals surface area contributed by atoms with Gasteiger partial charge in [-0.25, -0.2) is 4.98 Å². The molecule has 1 N–H and O–H groups in total. The van der Waals surface area contributed by atoms with E-state index in [1.165, 1.54) is 30.3 Å². The predicted molar refractivity (Wildman–Crippen MR) is 136 cm³/mol. The third-order valence-electron chi connectivity index (χ3n) is 6.07. The number of aryl methyl sites for hydroxylation is 1. The largest absolute Gasteiger partial charge is 0.355 e. The zero-order valence-corrected chi connectivity index (χ0v) is 19.5. The van der Waals surface area contributed by atoms with Crippen LogP contribution in [0.4, 0.5) is 0 Å². The molecule has 0 unspecified atom stereocenters. The van der Waals surface area contributed by atoms with E-state index in [0.717, 1.165) is 41.9 Å². The Morgan fingerprint density at radius 2 is 1.58 bits per heavy atom. The number of para-hydroxylation sites is 2. The molecule has 4 nitrogen and oxygen atoms in total. The molecule has 1 aromatic heterocycles. The highest BCUT2D eigenvalue weighted by Gasteiger charge is 2.11. The van der Waals surface area contributed by atoms with Gasteiger partial charge in [0.15, 0.2) is 0 Å². The number of nitrogens with zero attached hydrogens (tertiary/aromatic N) is 2. The number of benzene rings is 3. The van der Waals surface area contributed by atoms with Gasteiger partial charge in [0, 0.05) is 19.5 Å². The number of fused-ring (bicyclic) bond motifs is 1. The van der Waals surface area contributed by atoms with E-state index >= 15 is 0 Å². The molecule has 0 aliphatic rings. The number of rotatable bonds is 11. The second kappa shape index (κ2) is 11.5. The zero-order chi connectivity index (χ0) is 22.9. The van der Waals surface area contributed by atoms with Crippen LogP contribution in [0.1, 0.15) is 44.0 Å². The van der Waals surface area contributed by atoms with E-state index in [4.69, 9.17) is 4.98 Å². The molecule has 0 fully saturated rings. The van der Waals surface area contributed by atoms with Crippen molar-refractivity contribution in [2.75, 3.05) is 6.54 Å². The first-order valence-electron chi connectivity index (χ1n) is 12.1. The van der Waals surface area contributed by atoms with E-state index in [0.29, 0.717) is 13.0 Å². The molecule has 0 bridgehead atoms. The van der Waals surface area contributed by atoms with Crippen molar-refractivity contribution in [3.63, 3.8) is 0 Å². The van der Waals surface area contributed by atoms with Crippen molar-refractivity contribution in [2.45, 2.75) is 52.0 Å². The number of carbonyl (C=O) groups excluding carboxylic acids is 1. The molecular weight excluding hydrogens is 406 g/mol. The lowest BCUT2D eigenvalue weighted by Gasteiger charge is -2.10. The van der Waals surface area contributed by atoms with Gasteiger partial charge in [-0.15, -0.1) is 0 Å². The molecule has 0 saturated heterocycles. The van der Waals surface area contributed by atoms with E-state index in [1.807, 2.05) is 36.4 Å². The number of carbonyl (C=O) groups is 1. The Morgan fingerprint density at radius 1 is 0.848 bits per heavy atom. The molecule has 3 aromatic carbocycles. The van der Waals surface area contributed by atoms with Crippen LogP contribution in [0.3, 0.4) is 0 Å². The highest BCUT2D eigenvalue weighted by molar-refractivity contribution is 5.79. The van der Waals surface area contributed by atoms with Gasteiger partial charge in [-0.2, -0.15) is 0 Å². The van der Waals surface area contributed by atoms with Crippen molar-refractivity contribution in [1.82, 2.24) is 14.9 Å². The summed E-state index contributed by atoms with van der Waals surface area (Å²) in [6.45, 7) is 3.81. The molecule has 4 heteroatoms. The van der Waals surface area contributed by atoms with Crippen LogP contribution in [0.25, 0.3) is 22.2 Å². The van der Waals surface area contributed by atoms with Crippen molar-refractivity contribution in [2.24, 2.45) is 0 Å². The summed E-state index contributed by atoms with van der Waals surface area (Å²) in [5.74, 6) is 1.10. The van der Waals surface area contributed by atoms with Gasteiger partial charge in [0.1, 0.15) is 5.82 Å². The highest BCUT2D eigenvalue weighted by atomic mass is 16.1. The maximum atomic E-state index is 12.5. The van der Waals surface area contributed by atoms with Crippen molar-refractivity contribution in [3.8, 4) is 11.1 Å². The number of hydrogen-bond acceptors (Lipinski definition) is 2. The van der Waals surface area contributed by atoms with E-state index < -0.39 is 0 Å². The van der Waals surface area contributed by atoms with Gasteiger partial charge in [-0.3, -0.25) is 4.79 Å². The normalized spacial score (nSPS) is 11.1. The predicted octanol–water partition coefficient (Wildman–Crippen LogP) is 6.19. The van der Waals surface area contributed by atoms with E-state index in [-0.39, 0.29) is 5.91 Å². The lowest BCUT2D eigenvalue weighted by molar-refractivity contribution is -0.120. The Bertz CT molecular complexity index is 1160. The Morgan fingerprint density at radius 3 is 2.36 bits per heavy atom. The van der Waals surface area contributed by atoms with E-state index in [9.17, 15) is 4.79 Å². The van der Waals surface area contributed by atoms with Gasteiger partial charge in [-0.1, -0.05) is 92.9 Å². The van der Waals surface area contributed by atoms with E-state index in [2.05, 4.69) is 59.3 Å². The van der Waals surface area contributed by atoms with Crippen LogP contribution in [0.5, 0.6) is 0 Å². The quantitative estimate of drug-likeness (QED) is 0.283. The number of nitrogens with one attached hydrogen (secondary N) is 1. The average Bonchev–Trinajstić information content (AvgIpc) is 3.20. The third-order valence-corrected chi connectivity index (χ3v) is 6.07. The summed E-state index contributed by atoms with van der Waals surface area (Å²) in [4.78, 5) is 17.4. The second-order valence-corrected chi connectivity index (χ2v) is 8.57. The molecule has 1 heterocycles. The second-order valence-electron chi connectivity index (χ2n) is 8.57. The minimum absolute atomic E-state index is 0.0491. The molecule has 170 valence electrons. The molecule has 1 amide bonds.